The third-order valence-electron chi connectivity index (χ3n) is 4.09. The van der Waals surface area contributed by atoms with Crippen LogP contribution in [0.1, 0.15) is 36.2 Å². The number of hydrogen-bond donors (Lipinski definition) is 0. The zero-order chi connectivity index (χ0) is 20.2. The SMILES string of the molecule is CCC(C)N(Cc1cc(Cl)ccc1OS(C)(=O)=O)C(=O)c1ccccc1Cl. The van der Waals surface area contributed by atoms with Crippen molar-refractivity contribution in [2.24, 2.45) is 0 Å². The number of amides is 1. The molecular formula is C19H21Cl2NO4S. The Morgan fingerprint density at radius 1 is 1.19 bits per heavy atom. The average molecular weight is 430 g/mol. The second-order valence-electron chi connectivity index (χ2n) is 6.21. The van der Waals surface area contributed by atoms with Gasteiger partial charge in [0.05, 0.1) is 23.4 Å². The molecule has 0 fully saturated rings. The van der Waals surface area contributed by atoms with E-state index in [0.717, 1.165) is 6.26 Å². The summed E-state index contributed by atoms with van der Waals surface area (Å²) in [6.07, 6.45) is 1.67. The second kappa shape index (κ2) is 8.95. The maximum Gasteiger partial charge on any atom is 0.306 e. The molecule has 0 radical (unpaired) electrons. The van der Waals surface area contributed by atoms with E-state index in [1.54, 1.807) is 35.2 Å². The Hall–Kier alpha value is -1.76. The molecule has 1 amide bonds. The van der Waals surface area contributed by atoms with Gasteiger partial charge in [0.2, 0.25) is 0 Å². The summed E-state index contributed by atoms with van der Waals surface area (Å²) in [7, 11) is -3.72. The van der Waals surface area contributed by atoms with Crippen LogP contribution in [0.5, 0.6) is 5.75 Å². The summed E-state index contributed by atoms with van der Waals surface area (Å²) in [5, 5.41) is 0.773. The van der Waals surface area contributed by atoms with Gasteiger partial charge in [-0.05, 0) is 43.7 Å². The van der Waals surface area contributed by atoms with Crippen molar-refractivity contribution in [1.29, 1.82) is 0 Å². The van der Waals surface area contributed by atoms with Crippen LogP contribution in [0.2, 0.25) is 10.0 Å². The van der Waals surface area contributed by atoms with E-state index < -0.39 is 10.1 Å². The monoisotopic (exact) mass is 429 g/mol. The molecule has 2 rings (SSSR count). The fourth-order valence-electron chi connectivity index (χ4n) is 2.54. The summed E-state index contributed by atoms with van der Waals surface area (Å²) in [5.41, 5.74) is 0.876. The van der Waals surface area contributed by atoms with Crippen LogP contribution in [0.4, 0.5) is 0 Å². The maximum atomic E-state index is 13.1. The molecule has 0 heterocycles. The molecule has 27 heavy (non-hydrogen) atoms. The number of carbonyl (C=O) groups excluding carboxylic acids is 1. The van der Waals surface area contributed by atoms with Crippen molar-refractivity contribution < 1.29 is 17.4 Å². The van der Waals surface area contributed by atoms with Crippen molar-refractivity contribution in [3.8, 4) is 5.75 Å². The number of halogens is 2. The molecular weight excluding hydrogens is 409 g/mol. The van der Waals surface area contributed by atoms with E-state index in [-0.39, 0.29) is 24.2 Å². The van der Waals surface area contributed by atoms with Gasteiger partial charge in [-0.15, -0.1) is 0 Å². The Morgan fingerprint density at radius 3 is 2.44 bits per heavy atom. The number of nitrogens with zero attached hydrogens (tertiary/aromatic N) is 1. The van der Waals surface area contributed by atoms with E-state index in [0.29, 0.717) is 27.6 Å². The third-order valence-corrected chi connectivity index (χ3v) is 5.14. The van der Waals surface area contributed by atoms with Crippen molar-refractivity contribution in [3.05, 3.63) is 63.6 Å². The van der Waals surface area contributed by atoms with Crippen molar-refractivity contribution >= 4 is 39.2 Å². The predicted octanol–water partition coefficient (Wildman–Crippen LogP) is 4.77. The largest absolute Gasteiger partial charge is 0.382 e. The molecule has 0 aliphatic heterocycles. The second-order valence-corrected chi connectivity index (χ2v) is 8.63. The van der Waals surface area contributed by atoms with Crippen molar-refractivity contribution in [3.63, 3.8) is 0 Å². The first-order chi connectivity index (χ1) is 12.6. The van der Waals surface area contributed by atoms with Crippen molar-refractivity contribution in [1.82, 2.24) is 4.90 Å². The molecule has 8 heteroatoms. The lowest BCUT2D eigenvalue weighted by molar-refractivity contribution is 0.0671. The molecule has 1 unspecified atom stereocenters. The van der Waals surface area contributed by atoms with E-state index >= 15 is 0 Å². The van der Waals surface area contributed by atoms with Gasteiger partial charge in [0.25, 0.3) is 5.91 Å². The number of hydrogen-bond acceptors (Lipinski definition) is 4. The molecule has 0 aliphatic carbocycles. The van der Waals surface area contributed by atoms with E-state index in [2.05, 4.69) is 0 Å². The van der Waals surface area contributed by atoms with E-state index in [9.17, 15) is 13.2 Å². The lowest BCUT2D eigenvalue weighted by Crippen LogP contribution is -2.38. The fourth-order valence-corrected chi connectivity index (χ4v) is 3.44. The molecule has 1 atom stereocenters. The van der Waals surface area contributed by atoms with Gasteiger partial charge in [-0.2, -0.15) is 8.42 Å². The van der Waals surface area contributed by atoms with Gasteiger partial charge < -0.3 is 9.08 Å². The molecule has 0 saturated heterocycles. The Kier molecular flexibility index (Phi) is 7.14. The van der Waals surface area contributed by atoms with Crippen molar-refractivity contribution in [2.45, 2.75) is 32.9 Å². The number of benzene rings is 2. The molecule has 0 spiro atoms. The van der Waals surface area contributed by atoms with Crippen LogP contribution >= 0.6 is 23.2 Å². The summed E-state index contributed by atoms with van der Waals surface area (Å²) >= 11 is 12.3. The Morgan fingerprint density at radius 2 is 1.85 bits per heavy atom. The standard InChI is InChI=1S/C19H21Cl2NO4S/c1-4-13(2)22(19(23)16-7-5-6-8-17(16)21)12-14-11-15(20)9-10-18(14)26-27(3,24)25/h5-11,13H,4,12H2,1-3H3. The Bertz CT molecular complexity index is 931. The number of rotatable bonds is 7. The highest BCUT2D eigenvalue weighted by Gasteiger charge is 2.24. The maximum absolute atomic E-state index is 13.1. The molecule has 0 bridgehead atoms. The molecule has 0 aromatic heterocycles. The van der Waals surface area contributed by atoms with Crippen LogP contribution in [0.15, 0.2) is 42.5 Å². The minimum absolute atomic E-state index is 0.112. The first-order valence-electron chi connectivity index (χ1n) is 8.35. The Balaban J connectivity index is 2.44. The highest BCUT2D eigenvalue weighted by molar-refractivity contribution is 7.86. The molecule has 146 valence electrons. The van der Waals surface area contributed by atoms with Gasteiger partial charge in [0.1, 0.15) is 5.75 Å². The number of carbonyl (C=O) groups is 1. The molecule has 2 aromatic rings. The van der Waals surface area contributed by atoms with E-state index in [1.807, 2.05) is 13.8 Å². The van der Waals surface area contributed by atoms with Gasteiger partial charge in [-0.1, -0.05) is 42.3 Å². The fraction of sp³-hybridized carbons (Fsp3) is 0.316. The van der Waals surface area contributed by atoms with Gasteiger partial charge >= 0.3 is 10.1 Å². The smallest absolute Gasteiger partial charge is 0.306 e. The zero-order valence-electron chi connectivity index (χ0n) is 15.3. The topological polar surface area (TPSA) is 63.7 Å². The van der Waals surface area contributed by atoms with Crippen LogP contribution in [0.3, 0.4) is 0 Å². The summed E-state index contributed by atoms with van der Waals surface area (Å²) in [4.78, 5) is 14.7. The van der Waals surface area contributed by atoms with E-state index in [1.165, 1.54) is 12.1 Å². The minimum atomic E-state index is -3.72. The summed E-state index contributed by atoms with van der Waals surface area (Å²) in [6, 6.07) is 11.3. The van der Waals surface area contributed by atoms with Gasteiger partial charge in [0, 0.05) is 16.6 Å². The Labute approximate surface area is 170 Å². The van der Waals surface area contributed by atoms with Gasteiger partial charge in [-0.3, -0.25) is 4.79 Å². The van der Waals surface area contributed by atoms with Crippen LogP contribution < -0.4 is 4.18 Å². The van der Waals surface area contributed by atoms with Crippen LogP contribution in [0.25, 0.3) is 0 Å². The minimum Gasteiger partial charge on any atom is -0.382 e. The normalized spacial score (nSPS) is 12.5. The summed E-state index contributed by atoms with van der Waals surface area (Å²) < 4.78 is 28.2. The first kappa shape index (κ1) is 21.5. The quantitative estimate of drug-likeness (QED) is 0.594. The highest BCUT2D eigenvalue weighted by atomic mass is 35.5. The van der Waals surface area contributed by atoms with Crippen LogP contribution in [-0.2, 0) is 16.7 Å². The first-order valence-corrected chi connectivity index (χ1v) is 10.9. The molecule has 0 saturated carbocycles. The average Bonchev–Trinajstić information content (AvgIpc) is 2.60. The zero-order valence-corrected chi connectivity index (χ0v) is 17.6. The molecule has 0 aliphatic rings. The third kappa shape index (κ3) is 5.86. The lowest BCUT2D eigenvalue weighted by Gasteiger charge is -2.29. The van der Waals surface area contributed by atoms with Gasteiger partial charge in [-0.25, -0.2) is 0 Å². The summed E-state index contributed by atoms with van der Waals surface area (Å²) in [6.45, 7) is 4.00. The summed E-state index contributed by atoms with van der Waals surface area (Å²) in [5.74, 6) is -0.109. The predicted molar refractivity (Wildman–Crippen MR) is 108 cm³/mol. The van der Waals surface area contributed by atoms with Gasteiger partial charge in [0.15, 0.2) is 0 Å². The highest BCUT2D eigenvalue weighted by Crippen LogP contribution is 2.28. The van der Waals surface area contributed by atoms with Crippen molar-refractivity contribution in [2.75, 3.05) is 6.26 Å². The van der Waals surface area contributed by atoms with Crippen LogP contribution in [-0.4, -0.2) is 31.5 Å². The van der Waals surface area contributed by atoms with Crippen LogP contribution in [0, 0.1) is 0 Å². The lowest BCUT2D eigenvalue weighted by atomic mass is 10.1. The molecule has 5 nitrogen and oxygen atoms in total. The molecule has 2 aromatic carbocycles. The van der Waals surface area contributed by atoms with E-state index in [4.69, 9.17) is 27.4 Å². The molecule has 0 N–H and O–H groups in total.